The summed E-state index contributed by atoms with van der Waals surface area (Å²) in [6.45, 7) is 13.4. The van der Waals surface area contributed by atoms with Gasteiger partial charge in [-0.15, -0.1) is 24.5 Å². The Morgan fingerprint density at radius 2 is 1.38 bits per heavy atom. The molecular weight excluding hydrogens is 540 g/mol. The molecule has 1 aromatic heterocycles. The lowest BCUT2D eigenvalue weighted by molar-refractivity contribution is -0.132. The van der Waals surface area contributed by atoms with Crippen LogP contribution in [0.4, 0.5) is 16.4 Å². The Balaban J connectivity index is 0.00000198. The van der Waals surface area contributed by atoms with Crippen molar-refractivity contribution in [2.24, 2.45) is 9.98 Å². The smallest absolute Gasteiger partial charge is 0.333 e. The minimum atomic E-state index is -1.26. The van der Waals surface area contributed by atoms with Crippen LogP contribution in [0.15, 0.2) is 138 Å². The molecule has 7 heteroatoms. The lowest BCUT2D eigenvalue weighted by Crippen LogP contribution is -2.27. The number of hydrogen-bond donors (Lipinski definition) is 1. The van der Waals surface area contributed by atoms with Crippen LogP contribution in [0.5, 0.6) is 0 Å². The van der Waals surface area contributed by atoms with Crippen LogP contribution in [0.3, 0.4) is 0 Å². The SMILES string of the molecule is C=C.[C-]#[N+]/C(=C\c1ccc(/C=C/C=C/C=C/c2ccc(N(c3ccccc3)c3ccccc3)s2)c2c1=NCN=2)C(=O)O. The molecule has 42 heavy (non-hydrogen) atoms. The van der Waals surface area contributed by atoms with Gasteiger partial charge in [-0.3, -0.25) is 14.8 Å². The number of anilines is 3. The number of aliphatic carboxylic acids is 1. The van der Waals surface area contributed by atoms with Gasteiger partial charge in [0.05, 0.1) is 17.3 Å². The van der Waals surface area contributed by atoms with Gasteiger partial charge >= 0.3 is 5.97 Å². The number of benzene rings is 3. The van der Waals surface area contributed by atoms with E-state index in [1.54, 1.807) is 17.4 Å². The molecule has 206 valence electrons. The fourth-order valence-corrected chi connectivity index (χ4v) is 5.17. The van der Waals surface area contributed by atoms with E-state index in [1.165, 1.54) is 6.08 Å². The first-order valence-corrected chi connectivity index (χ1v) is 13.8. The summed E-state index contributed by atoms with van der Waals surface area (Å²) in [4.78, 5) is 26.5. The average molecular weight is 569 g/mol. The molecule has 0 unspecified atom stereocenters. The summed E-state index contributed by atoms with van der Waals surface area (Å²) in [5, 5.41) is 11.6. The highest BCUT2D eigenvalue weighted by atomic mass is 32.1. The molecule has 0 saturated carbocycles. The minimum Gasteiger partial charge on any atom is -0.486 e. The molecule has 0 spiro atoms. The number of fused-ring (bicyclic) bond motifs is 1. The second kappa shape index (κ2) is 14.7. The fraction of sp³-hybridized carbons (Fsp3) is 0.0286. The summed E-state index contributed by atoms with van der Waals surface area (Å²) >= 11 is 1.72. The van der Waals surface area contributed by atoms with Gasteiger partial charge in [-0.2, -0.15) is 0 Å². The Kier molecular flexibility index (Phi) is 10.3. The quantitative estimate of drug-likeness (QED) is 0.0967. The van der Waals surface area contributed by atoms with Crippen LogP contribution >= 0.6 is 11.3 Å². The number of hydrogen-bond acceptors (Lipinski definition) is 5. The molecule has 3 aromatic carbocycles. The maximum atomic E-state index is 11.2. The van der Waals surface area contributed by atoms with Crippen molar-refractivity contribution in [1.29, 1.82) is 0 Å². The maximum Gasteiger partial charge on any atom is 0.333 e. The van der Waals surface area contributed by atoms with Crippen molar-refractivity contribution in [3.05, 3.63) is 166 Å². The molecule has 4 aromatic rings. The number of allylic oxidation sites excluding steroid dienone is 4. The van der Waals surface area contributed by atoms with E-state index in [4.69, 9.17) is 11.7 Å². The van der Waals surface area contributed by atoms with Crippen molar-refractivity contribution in [2.45, 2.75) is 0 Å². The van der Waals surface area contributed by atoms with Crippen molar-refractivity contribution >= 4 is 51.9 Å². The van der Waals surface area contributed by atoms with Gasteiger partial charge in [0, 0.05) is 21.8 Å². The topological polar surface area (TPSA) is 69.6 Å². The fourth-order valence-electron chi connectivity index (χ4n) is 4.21. The van der Waals surface area contributed by atoms with Crippen molar-refractivity contribution < 1.29 is 9.90 Å². The van der Waals surface area contributed by atoms with Crippen LogP contribution in [0.2, 0.25) is 0 Å². The number of para-hydroxylation sites is 2. The second-order valence-electron chi connectivity index (χ2n) is 8.63. The highest BCUT2D eigenvalue weighted by Crippen LogP contribution is 2.38. The molecule has 5 rings (SSSR count). The van der Waals surface area contributed by atoms with Crippen LogP contribution in [0.25, 0.3) is 23.1 Å². The molecule has 6 nitrogen and oxygen atoms in total. The van der Waals surface area contributed by atoms with Crippen molar-refractivity contribution in [1.82, 2.24) is 0 Å². The molecule has 0 amide bonds. The normalized spacial score (nSPS) is 12.3. The first kappa shape index (κ1) is 29.4. The summed E-state index contributed by atoms with van der Waals surface area (Å²) < 4.78 is 0. The minimum absolute atomic E-state index is 0.287. The van der Waals surface area contributed by atoms with E-state index < -0.39 is 5.97 Å². The van der Waals surface area contributed by atoms with Crippen LogP contribution in [-0.4, -0.2) is 17.7 Å². The summed E-state index contributed by atoms with van der Waals surface area (Å²) in [5.74, 6) is -1.26. The van der Waals surface area contributed by atoms with Gasteiger partial charge in [-0.05, 0) is 54.1 Å². The second-order valence-corrected chi connectivity index (χ2v) is 9.72. The Morgan fingerprint density at radius 3 is 1.98 bits per heavy atom. The van der Waals surface area contributed by atoms with E-state index in [0.717, 1.165) is 26.8 Å². The Hall–Kier alpha value is -5.58. The highest BCUT2D eigenvalue weighted by molar-refractivity contribution is 7.17. The van der Waals surface area contributed by atoms with E-state index in [0.29, 0.717) is 16.3 Å². The Bertz CT molecular complexity index is 1790. The van der Waals surface area contributed by atoms with E-state index in [9.17, 15) is 4.79 Å². The number of carboxylic acids is 1. The molecule has 0 atom stereocenters. The standard InChI is InChI=1S/C33H24N4O2S.C2H4/c1-34-29(33(38)39)22-25-19-18-24(31-32(25)36-23-35-31)12-6-2-3-11-17-28-20-21-30(40-28)37(26-13-7-4-8-14-26)27-15-9-5-10-16-27;1-2/h2-22H,23H2,(H,38,39);1-2H2/b3-2+,12-6+,17-11+,29-22-;. The predicted molar refractivity (Wildman–Crippen MR) is 173 cm³/mol. The van der Waals surface area contributed by atoms with Crippen molar-refractivity contribution in [3.8, 4) is 0 Å². The molecule has 1 aliphatic heterocycles. The molecule has 0 radical (unpaired) electrons. The third-order valence-electron chi connectivity index (χ3n) is 6.03. The number of carbonyl (C=O) groups is 1. The van der Waals surface area contributed by atoms with E-state index in [-0.39, 0.29) is 12.4 Å². The highest BCUT2D eigenvalue weighted by Gasteiger charge is 2.13. The van der Waals surface area contributed by atoms with Crippen molar-refractivity contribution in [3.63, 3.8) is 0 Å². The van der Waals surface area contributed by atoms with Gasteiger partial charge < -0.3 is 10.0 Å². The average Bonchev–Trinajstić information content (AvgIpc) is 3.71. The number of thiophene rings is 1. The Morgan fingerprint density at radius 1 is 0.810 bits per heavy atom. The van der Waals surface area contributed by atoms with E-state index >= 15 is 0 Å². The van der Waals surface area contributed by atoms with Crippen LogP contribution in [0, 0.1) is 6.57 Å². The van der Waals surface area contributed by atoms with Gasteiger partial charge in [0.25, 0.3) is 5.70 Å². The molecule has 0 fully saturated rings. The van der Waals surface area contributed by atoms with E-state index in [2.05, 4.69) is 75.4 Å². The van der Waals surface area contributed by atoms with Crippen LogP contribution < -0.4 is 15.6 Å². The first-order valence-electron chi connectivity index (χ1n) is 13.0. The van der Waals surface area contributed by atoms with Crippen LogP contribution in [0.1, 0.15) is 16.0 Å². The zero-order valence-electron chi connectivity index (χ0n) is 22.8. The third kappa shape index (κ3) is 7.13. The summed E-state index contributed by atoms with van der Waals surface area (Å²) in [6.07, 6.45) is 13.2. The number of nitrogens with zero attached hydrogens (tertiary/aromatic N) is 4. The van der Waals surface area contributed by atoms with Crippen molar-refractivity contribution in [2.75, 3.05) is 11.6 Å². The van der Waals surface area contributed by atoms with Gasteiger partial charge in [-0.25, -0.2) is 4.85 Å². The zero-order valence-corrected chi connectivity index (χ0v) is 23.6. The molecule has 0 bridgehead atoms. The lowest BCUT2D eigenvalue weighted by Gasteiger charge is -2.23. The van der Waals surface area contributed by atoms with Gasteiger partial charge in [-0.1, -0.05) is 78.9 Å². The molecule has 0 saturated heterocycles. The van der Waals surface area contributed by atoms with Gasteiger partial charge in [0.1, 0.15) is 11.7 Å². The van der Waals surface area contributed by atoms with Gasteiger partial charge in [0.15, 0.2) is 0 Å². The zero-order chi connectivity index (χ0) is 29.7. The van der Waals surface area contributed by atoms with E-state index in [1.807, 2.05) is 72.8 Å². The largest absolute Gasteiger partial charge is 0.486 e. The lowest BCUT2D eigenvalue weighted by atomic mass is 10.1. The first-order chi connectivity index (χ1) is 20.6. The summed E-state index contributed by atoms with van der Waals surface area (Å²) in [5.41, 5.74) is 3.33. The number of carboxylic acid groups (broad SMARTS) is 1. The molecule has 2 heterocycles. The van der Waals surface area contributed by atoms with Gasteiger partial charge in [0.2, 0.25) is 0 Å². The monoisotopic (exact) mass is 568 g/mol. The third-order valence-corrected chi connectivity index (χ3v) is 7.07. The molecular formula is C35H28N4O2S. The summed E-state index contributed by atoms with van der Waals surface area (Å²) in [6, 6.07) is 28.6. The molecule has 1 N–H and O–H groups in total. The van der Waals surface area contributed by atoms with Crippen LogP contribution in [-0.2, 0) is 4.79 Å². The molecule has 0 aliphatic carbocycles. The Labute approximate surface area is 249 Å². The number of rotatable bonds is 9. The predicted octanol–water partition coefficient (Wildman–Crippen LogP) is 7.86. The maximum absolute atomic E-state index is 11.2. The molecule has 1 aliphatic rings. The summed E-state index contributed by atoms with van der Waals surface area (Å²) in [7, 11) is 0.